The normalized spacial score (nSPS) is 31.8. The second-order valence-corrected chi connectivity index (χ2v) is 4.35. The molecular formula is C9H12N2O6S. The van der Waals surface area contributed by atoms with Gasteiger partial charge in [0, 0.05) is 6.07 Å². The maximum Gasteiger partial charge on any atom is 0.331 e. The van der Waals surface area contributed by atoms with E-state index in [2.05, 4.69) is 12.6 Å². The lowest BCUT2D eigenvalue weighted by Gasteiger charge is -2.18. The molecule has 9 heteroatoms. The topological polar surface area (TPSA) is 125 Å². The van der Waals surface area contributed by atoms with Gasteiger partial charge in [0.15, 0.2) is 6.23 Å². The van der Waals surface area contributed by atoms with E-state index in [9.17, 15) is 19.8 Å². The van der Waals surface area contributed by atoms with E-state index in [1.807, 2.05) is 4.98 Å². The van der Waals surface area contributed by atoms with Crippen LogP contribution in [0.3, 0.4) is 0 Å². The maximum absolute atomic E-state index is 11.6. The molecule has 1 aliphatic rings. The average molecular weight is 276 g/mol. The van der Waals surface area contributed by atoms with E-state index >= 15 is 0 Å². The van der Waals surface area contributed by atoms with Crippen molar-refractivity contribution < 1.29 is 20.1 Å². The number of H-pyrrole nitrogens is 1. The number of hydrogen-bond donors (Lipinski definition) is 5. The van der Waals surface area contributed by atoms with Gasteiger partial charge in [0.25, 0.3) is 5.56 Å². The number of aliphatic hydroxyl groups excluding tert-OH is 3. The minimum Gasteiger partial charge on any atom is -0.394 e. The molecule has 0 amide bonds. The zero-order chi connectivity index (χ0) is 13.4. The number of aromatic amines is 1. The third-order valence-corrected chi connectivity index (χ3v) is 3.07. The highest BCUT2D eigenvalue weighted by atomic mass is 32.1. The van der Waals surface area contributed by atoms with Gasteiger partial charge < -0.3 is 20.1 Å². The fourth-order valence-electron chi connectivity index (χ4n) is 1.83. The summed E-state index contributed by atoms with van der Waals surface area (Å²) in [5, 5.41) is 28.3. The van der Waals surface area contributed by atoms with Gasteiger partial charge >= 0.3 is 5.69 Å². The molecule has 0 spiro atoms. The van der Waals surface area contributed by atoms with Crippen molar-refractivity contribution in [2.45, 2.75) is 29.6 Å². The number of ether oxygens (including phenoxy) is 1. The summed E-state index contributed by atoms with van der Waals surface area (Å²) in [7, 11) is 0. The summed E-state index contributed by atoms with van der Waals surface area (Å²) in [6.45, 7) is -0.505. The van der Waals surface area contributed by atoms with E-state index in [-0.39, 0.29) is 5.03 Å². The second-order valence-electron chi connectivity index (χ2n) is 3.90. The van der Waals surface area contributed by atoms with Gasteiger partial charge in [-0.25, -0.2) is 4.79 Å². The van der Waals surface area contributed by atoms with Crippen LogP contribution in [0.15, 0.2) is 20.7 Å². The molecule has 1 aliphatic heterocycles. The van der Waals surface area contributed by atoms with Gasteiger partial charge in [0.2, 0.25) is 0 Å². The zero-order valence-corrected chi connectivity index (χ0v) is 9.95. The lowest BCUT2D eigenvalue weighted by atomic mass is 10.1. The van der Waals surface area contributed by atoms with Crippen molar-refractivity contribution in [2.24, 2.45) is 0 Å². The number of aliphatic hydroxyl groups is 3. The SMILES string of the molecule is O=c1cc(S)n([C@@H]2O[C@H](CO)[C@@H](O)[C@H]2O)c(=O)[nH]1. The first-order valence-electron chi connectivity index (χ1n) is 5.13. The van der Waals surface area contributed by atoms with Crippen LogP contribution >= 0.6 is 12.6 Å². The van der Waals surface area contributed by atoms with Crippen molar-refractivity contribution in [1.82, 2.24) is 9.55 Å². The lowest BCUT2D eigenvalue weighted by molar-refractivity contribution is -0.0590. The standard InChI is InChI=1S/C9H12N2O6S/c12-2-3-6(14)7(15)8(17-3)11-5(18)1-4(13)10-9(11)16/h1,3,6-8,12,14-15,18H,2H2,(H,10,13,16)/t3-,6-,7-,8-/m1/s1. The first-order chi connectivity index (χ1) is 8.45. The highest BCUT2D eigenvalue weighted by molar-refractivity contribution is 7.80. The van der Waals surface area contributed by atoms with Crippen LogP contribution in [-0.4, -0.2) is 49.8 Å². The number of aromatic nitrogens is 2. The third kappa shape index (κ3) is 2.10. The zero-order valence-electron chi connectivity index (χ0n) is 9.05. The van der Waals surface area contributed by atoms with Gasteiger partial charge in [-0.1, -0.05) is 0 Å². The van der Waals surface area contributed by atoms with Gasteiger partial charge in [-0.05, 0) is 0 Å². The highest BCUT2D eigenvalue weighted by Crippen LogP contribution is 2.29. The smallest absolute Gasteiger partial charge is 0.331 e. The molecule has 2 heterocycles. The maximum atomic E-state index is 11.6. The Bertz CT molecular complexity index is 555. The number of nitrogens with one attached hydrogen (secondary N) is 1. The molecule has 4 N–H and O–H groups in total. The largest absolute Gasteiger partial charge is 0.394 e. The predicted molar refractivity (Wildman–Crippen MR) is 61.6 cm³/mol. The number of rotatable bonds is 2. The van der Waals surface area contributed by atoms with Crippen LogP contribution in [-0.2, 0) is 4.74 Å². The molecule has 0 unspecified atom stereocenters. The monoisotopic (exact) mass is 276 g/mol. The molecule has 8 nitrogen and oxygen atoms in total. The fraction of sp³-hybridized carbons (Fsp3) is 0.556. The Morgan fingerprint density at radius 1 is 1.39 bits per heavy atom. The van der Waals surface area contributed by atoms with Crippen LogP contribution in [0.5, 0.6) is 0 Å². The van der Waals surface area contributed by atoms with Crippen LogP contribution in [0.1, 0.15) is 6.23 Å². The summed E-state index contributed by atoms with van der Waals surface area (Å²) in [5.41, 5.74) is -1.45. The van der Waals surface area contributed by atoms with Gasteiger partial charge in [-0.2, -0.15) is 0 Å². The van der Waals surface area contributed by atoms with E-state index in [1.165, 1.54) is 0 Å². The summed E-state index contributed by atoms with van der Waals surface area (Å²) in [6.07, 6.45) is -4.95. The number of nitrogens with zero attached hydrogens (tertiary/aromatic N) is 1. The summed E-state index contributed by atoms with van der Waals surface area (Å²) in [6, 6.07) is 1.04. The second kappa shape index (κ2) is 4.86. The molecule has 1 aromatic heterocycles. The molecule has 2 rings (SSSR count). The number of hydrogen-bond acceptors (Lipinski definition) is 7. The number of thiol groups is 1. The Hall–Kier alpha value is -1.13. The van der Waals surface area contributed by atoms with Crippen LogP contribution in [0.25, 0.3) is 0 Å². The molecule has 4 atom stereocenters. The molecular weight excluding hydrogens is 264 g/mol. The first-order valence-corrected chi connectivity index (χ1v) is 5.57. The van der Waals surface area contributed by atoms with Crippen molar-refractivity contribution in [1.29, 1.82) is 0 Å². The van der Waals surface area contributed by atoms with Gasteiger partial charge in [-0.3, -0.25) is 14.3 Å². The van der Waals surface area contributed by atoms with E-state index in [4.69, 9.17) is 9.84 Å². The van der Waals surface area contributed by atoms with Crippen molar-refractivity contribution >= 4 is 12.6 Å². The van der Waals surface area contributed by atoms with E-state index in [0.717, 1.165) is 10.6 Å². The van der Waals surface area contributed by atoms with Crippen molar-refractivity contribution in [3.8, 4) is 0 Å². The molecule has 100 valence electrons. The Morgan fingerprint density at radius 2 is 2.06 bits per heavy atom. The van der Waals surface area contributed by atoms with Crippen LogP contribution < -0.4 is 11.2 Å². The third-order valence-electron chi connectivity index (χ3n) is 2.73. The Labute approximate surface area is 106 Å². The van der Waals surface area contributed by atoms with Gasteiger partial charge in [0.05, 0.1) is 11.6 Å². The molecule has 0 aliphatic carbocycles. The lowest BCUT2D eigenvalue weighted by Crippen LogP contribution is -2.38. The minimum absolute atomic E-state index is 0.0152. The van der Waals surface area contributed by atoms with Crippen LogP contribution in [0, 0.1) is 0 Å². The molecule has 18 heavy (non-hydrogen) atoms. The molecule has 0 aromatic carbocycles. The quantitative estimate of drug-likeness (QED) is 0.299. The van der Waals surface area contributed by atoms with Crippen molar-refractivity contribution in [3.05, 3.63) is 26.9 Å². The Balaban J connectivity index is 2.45. The van der Waals surface area contributed by atoms with Gasteiger partial charge in [0.1, 0.15) is 18.3 Å². The minimum atomic E-state index is -1.41. The summed E-state index contributed by atoms with van der Waals surface area (Å²) in [5.74, 6) is 0. The van der Waals surface area contributed by atoms with E-state index < -0.39 is 42.4 Å². The average Bonchev–Trinajstić information content (AvgIpc) is 2.56. The van der Waals surface area contributed by atoms with Crippen molar-refractivity contribution in [2.75, 3.05) is 6.61 Å². The molecule has 0 bridgehead atoms. The molecule has 0 radical (unpaired) electrons. The summed E-state index contributed by atoms with van der Waals surface area (Å²) < 4.78 is 6.06. The highest BCUT2D eigenvalue weighted by Gasteiger charge is 2.44. The molecule has 1 aromatic rings. The fourth-order valence-corrected chi connectivity index (χ4v) is 2.15. The first kappa shape index (κ1) is 13.3. The van der Waals surface area contributed by atoms with E-state index in [1.54, 1.807) is 0 Å². The molecule has 1 fully saturated rings. The predicted octanol–water partition coefficient (Wildman–Crippen LogP) is -2.56. The Morgan fingerprint density at radius 3 is 2.56 bits per heavy atom. The Kier molecular flexibility index (Phi) is 3.59. The molecule has 0 saturated carbocycles. The van der Waals surface area contributed by atoms with E-state index in [0.29, 0.717) is 0 Å². The summed E-state index contributed by atoms with van der Waals surface area (Å²) in [4.78, 5) is 24.6. The van der Waals surface area contributed by atoms with Gasteiger partial charge in [-0.15, -0.1) is 12.6 Å². The van der Waals surface area contributed by atoms with Crippen LogP contribution in [0.4, 0.5) is 0 Å². The summed E-state index contributed by atoms with van der Waals surface area (Å²) >= 11 is 3.95. The van der Waals surface area contributed by atoms with Crippen molar-refractivity contribution in [3.63, 3.8) is 0 Å². The van der Waals surface area contributed by atoms with Crippen LogP contribution in [0.2, 0.25) is 0 Å². The molecule has 1 saturated heterocycles.